The lowest BCUT2D eigenvalue weighted by atomic mass is 9.57. The molecule has 0 saturated carbocycles. The largest absolute Gasteiger partial charge is 0.458 e. The van der Waals surface area contributed by atoms with Gasteiger partial charge in [0.25, 0.3) is 0 Å². The molecule has 10 heteroatoms. The summed E-state index contributed by atoms with van der Waals surface area (Å²) in [5.41, 5.74) is -2.95. The molecule has 0 aromatic carbocycles. The summed E-state index contributed by atoms with van der Waals surface area (Å²) in [6, 6.07) is -1.81. The Morgan fingerprint density at radius 1 is 0.786 bits per heavy atom. The minimum Gasteiger partial charge on any atom is -0.458 e. The highest BCUT2D eigenvalue weighted by atomic mass is 28.3. The zero-order valence-electron chi connectivity index (χ0n) is 29.4. The third-order valence-corrected chi connectivity index (χ3v) is 20.9. The van der Waals surface area contributed by atoms with Crippen LogP contribution in [0.25, 0.3) is 0 Å². The Labute approximate surface area is 257 Å². The average molecular weight is 623 g/mol. The van der Waals surface area contributed by atoms with E-state index >= 15 is 0 Å². The maximum Gasteiger partial charge on any atom is 0.330 e. The highest BCUT2D eigenvalue weighted by molar-refractivity contribution is 6.81. The van der Waals surface area contributed by atoms with Gasteiger partial charge >= 0.3 is 11.9 Å². The molecule has 2 unspecified atom stereocenters. The van der Waals surface area contributed by atoms with Gasteiger partial charge in [0.05, 0.1) is 5.92 Å². The van der Waals surface area contributed by atoms with Crippen LogP contribution in [0.2, 0.25) is 36.3 Å². The Bertz CT molecular complexity index is 1140. The molecule has 2 rings (SSSR count). The second-order valence-electron chi connectivity index (χ2n) is 17.4. The number of carbonyl (C=O) groups excluding carboxylic acids is 4. The van der Waals surface area contributed by atoms with Crippen molar-refractivity contribution in [2.75, 3.05) is 0 Å². The number of hydrogen-bond acceptors (Lipinski definition) is 6. The van der Waals surface area contributed by atoms with E-state index in [9.17, 15) is 19.2 Å². The van der Waals surface area contributed by atoms with E-state index in [2.05, 4.69) is 74.3 Å². The smallest absolute Gasteiger partial charge is 0.330 e. The molecule has 2 aliphatic heterocycles. The van der Waals surface area contributed by atoms with Crippen LogP contribution in [0, 0.1) is 17.3 Å². The fourth-order valence-electron chi connectivity index (χ4n) is 5.91. The minimum atomic E-state index is -2.56. The highest BCUT2D eigenvalue weighted by Gasteiger charge is 2.74. The van der Waals surface area contributed by atoms with E-state index < -0.39 is 68.9 Å². The van der Waals surface area contributed by atoms with Gasteiger partial charge in [-0.1, -0.05) is 80.7 Å². The monoisotopic (exact) mass is 622 g/mol. The van der Waals surface area contributed by atoms with Gasteiger partial charge in [-0.2, -0.15) is 0 Å². The van der Waals surface area contributed by atoms with Crippen molar-refractivity contribution < 1.29 is 28.7 Å². The average Bonchev–Trinajstić information content (AvgIpc) is 2.71. The van der Waals surface area contributed by atoms with Gasteiger partial charge < -0.3 is 18.6 Å². The highest BCUT2D eigenvalue weighted by Crippen LogP contribution is 2.58. The number of nitrogens with zero attached hydrogens (tertiary/aromatic N) is 2. The molecule has 42 heavy (non-hydrogen) atoms. The van der Waals surface area contributed by atoms with E-state index in [4.69, 9.17) is 9.47 Å². The first kappa shape index (κ1) is 36.2. The van der Waals surface area contributed by atoms with Crippen LogP contribution in [0.3, 0.4) is 0 Å². The molecule has 5 atom stereocenters. The van der Waals surface area contributed by atoms with E-state index in [-0.39, 0.29) is 21.9 Å². The Morgan fingerprint density at radius 3 is 1.52 bits per heavy atom. The molecular formula is C32H58N2O6Si2. The molecule has 2 amide bonds. The van der Waals surface area contributed by atoms with Crippen molar-refractivity contribution in [2.24, 2.45) is 17.3 Å². The molecule has 0 spiro atoms. The predicted octanol–water partition coefficient (Wildman–Crippen LogP) is 6.53. The minimum absolute atomic E-state index is 0.173. The molecule has 0 aromatic rings. The van der Waals surface area contributed by atoms with Crippen LogP contribution < -0.4 is 0 Å². The fraction of sp³-hybridized carbons (Fsp3) is 0.812. The van der Waals surface area contributed by atoms with Crippen LogP contribution >= 0.6 is 0 Å². The topological polar surface area (TPSA) is 93.2 Å². The number of hydrogen-bond donors (Lipinski definition) is 0. The maximum absolute atomic E-state index is 14.5. The Morgan fingerprint density at radius 2 is 1.17 bits per heavy atom. The number of rotatable bonds is 7. The zero-order valence-corrected chi connectivity index (χ0v) is 31.4. The molecule has 2 aliphatic rings. The van der Waals surface area contributed by atoms with Crippen molar-refractivity contribution in [2.45, 2.75) is 150 Å². The van der Waals surface area contributed by atoms with Crippen molar-refractivity contribution in [1.29, 1.82) is 0 Å². The Kier molecular flexibility index (Phi) is 9.15. The first-order valence-electron chi connectivity index (χ1n) is 15.2. The van der Waals surface area contributed by atoms with Gasteiger partial charge in [-0.05, 0) is 57.5 Å². The normalized spacial score (nSPS) is 26.7. The molecule has 0 N–H and O–H groups in total. The lowest BCUT2D eigenvalue weighted by molar-refractivity contribution is -0.195. The van der Waals surface area contributed by atoms with Gasteiger partial charge in [-0.3, -0.25) is 9.59 Å². The van der Waals surface area contributed by atoms with Crippen LogP contribution in [0.15, 0.2) is 12.7 Å². The molecular weight excluding hydrogens is 565 g/mol. The number of ether oxygens (including phenoxy) is 2. The molecule has 2 saturated heterocycles. The van der Waals surface area contributed by atoms with E-state index in [1.54, 1.807) is 50.7 Å². The molecule has 0 aromatic heterocycles. The van der Waals surface area contributed by atoms with E-state index in [0.29, 0.717) is 0 Å². The van der Waals surface area contributed by atoms with Crippen LogP contribution in [0.4, 0.5) is 0 Å². The van der Waals surface area contributed by atoms with Gasteiger partial charge in [0, 0.05) is 0 Å². The molecule has 2 fully saturated rings. The second-order valence-corrected chi connectivity index (χ2v) is 27.6. The predicted molar refractivity (Wildman–Crippen MR) is 173 cm³/mol. The summed E-state index contributed by atoms with van der Waals surface area (Å²) in [7, 11) is -5.08. The summed E-state index contributed by atoms with van der Waals surface area (Å²) in [6.45, 7) is 37.5. The third kappa shape index (κ3) is 5.78. The van der Waals surface area contributed by atoms with Gasteiger partial charge in [-0.25, -0.2) is 9.59 Å². The number of amides is 2. The Balaban J connectivity index is 2.75. The summed E-state index contributed by atoms with van der Waals surface area (Å²) in [5, 5.41) is -0.471. The fourth-order valence-corrected chi connectivity index (χ4v) is 10.7. The molecule has 0 bridgehead atoms. The zero-order chi connectivity index (χ0) is 33.4. The molecule has 0 aliphatic carbocycles. The summed E-state index contributed by atoms with van der Waals surface area (Å²) in [4.78, 5) is 56.5. The van der Waals surface area contributed by atoms with Gasteiger partial charge in [-0.15, -0.1) is 6.58 Å². The summed E-state index contributed by atoms with van der Waals surface area (Å²) in [6.07, 6.45) is 1.53. The lowest BCUT2D eigenvalue weighted by Gasteiger charge is -2.66. The van der Waals surface area contributed by atoms with Crippen molar-refractivity contribution in [1.82, 2.24) is 9.13 Å². The van der Waals surface area contributed by atoms with Crippen LogP contribution in [-0.4, -0.2) is 72.6 Å². The molecule has 8 nitrogen and oxygen atoms in total. The maximum atomic E-state index is 14.5. The first-order chi connectivity index (χ1) is 18.4. The number of carbonyl (C=O) groups is 4. The van der Waals surface area contributed by atoms with E-state index in [0.717, 1.165) is 0 Å². The number of β-lactam (4-membered cyclic amide) rings is 2. The molecule has 0 radical (unpaired) electrons. The second kappa shape index (κ2) is 10.6. The van der Waals surface area contributed by atoms with Crippen LogP contribution in [0.1, 0.15) is 90.0 Å². The first-order valence-corrected chi connectivity index (χ1v) is 21.1. The summed E-state index contributed by atoms with van der Waals surface area (Å²) in [5.74, 6) is -2.94. The van der Waals surface area contributed by atoms with Crippen molar-refractivity contribution in [3.8, 4) is 0 Å². The summed E-state index contributed by atoms with van der Waals surface area (Å²) < 4.78 is 15.3. The van der Waals surface area contributed by atoms with E-state index in [1.807, 2.05) is 6.92 Å². The quantitative estimate of drug-likeness (QED) is 0.139. The van der Waals surface area contributed by atoms with Crippen LogP contribution in [0.5, 0.6) is 0 Å². The SMILES string of the molecule is C=CC1(C(C)[C@@H]2C(=O)N([Si](C)(C)C(C)(C)C)[C@@H]2C(=O)OC(C)(C)C)C(=O)N([Si](C)(C)C(C)(C)C)[C@@H]1C(=O)OC(C)(C)C. The van der Waals surface area contributed by atoms with Crippen molar-refractivity contribution in [3.05, 3.63) is 12.7 Å². The van der Waals surface area contributed by atoms with Gasteiger partial charge in [0.2, 0.25) is 11.8 Å². The van der Waals surface area contributed by atoms with Gasteiger partial charge in [0.15, 0.2) is 16.5 Å². The van der Waals surface area contributed by atoms with Gasteiger partial charge in [0.1, 0.15) is 28.7 Å². The summed E-state index contributed by atoms with van der Waals surface area (Å²) >= 11 is 0. The van der Waals surface area contributed by atoms with E-state index in [1.165, 1.54) is 6.08 Å². The molecule has 2 heterocycles. The van der Waals surface area contributed by atoms with Crippen LogP contribution in [-0.2, 0) is 28.7 Å². The number of esters is 2. The van der Waals surface area contributed by atoms with Crippen molar-refractivity contribution >= 4 is 40.2 Å². The Hall–Kier alpha value is -1.95. The standard InChI is InChI=1S/C32H58N2O6Si2/c1-19-32(23(26(37)40-29(6,7)8)34(27(32)38)42(17,18)31(12,13)14)20(2)21-22(25(36)39-28(3,4)5)33(24(21)35)41(15,16)30(9,10)11/h19-23H,1H2,2-18H3/t20?,21-,22-,23+,32?/m0/s1. The third-order valence-electron chi connectivity index (χ3n) is 10.2. The molecule has 240 valence electrons. The van der Waals surface area contributed by atoms with Crippen molar-refractivity contribution in [3.63, 3.8) is 0 Å². The lowest BCUT2D eigenvalue weighted by Crippen LogP contribution is -2.84.